The first-order valence-corrected chi connectivity index (χ1v) is 18.7. The van der Waals surface area contributed by atoms with E-state index in [1.165, 1.54) is 39.2 Å². The van der Waals surface area contributed by atoms with Crippen molar-refractivity contribution in [2.75, 3.05) is 38.4 Å². The van der Waals surface area contributed by atoms with Crippen LogP contribution >= 0.6 is 10.3 Å². The third kappa shape index (κ3) is 5.31. The van der Waals surface area contributed by atoms with Gasteiger partial charge >= 0.3 is 0 Å². The Morgan fingerprint density at radius 2 is 1.65 bits per heavy atom. The van der Waals surface area contributed by atoms with Crippen LogP contribution in [-0.4, -0.2) is 48.2 Å². The van der Waals surface area contributed by atoms with E-state index in [1.54, 1.807) is 0 Å². The number of hydrogen-bond donors (Lipinski definition) is 0. The molecule has 1 aromatic carbocycles. The summed E-state index contributed by atoms with van der Waals surface area (Å²) in [6.45, 7) is 24.0. The van der Waals surface area contributed by atoms with Crippen LogP contribution in [-0.2, 0) is 35.8 Å². The molecule has 4 heterocycles. The highest BCUT2D eigenvalue weighted by Gasteiger charge is 2.53. The molecule has 0 amide bonds. The van der Waals surface area contributed by atoms with Crippen LogP contribution in [0.15, 0.2) is 24.3 Å². The van der Waals surface area contributed by atoms with Crippen LogP contribution in [0.3, 0.4) is 0 Å². The van der Waals surface area contributed by atoms with Crippen molar-refractivity contribution in [3.63, 3.8) is 0 Å². The van der Waals surface area contributed by atoms with E-state index in [1.807, 2.05) is 0 Å². The van der Waals surface area contributed by atoms with Gasteiger partial charge in [-0.3, -0.25) is 4.98 Å². The van der Waals surface area contributed by atoms with Crippen molar-refractivity contribution in [1.29, 1.82) is 0 Å². The van der Waals surface area contributed by atoms with Crippen LogP contribution in [0.2, 0.25) is 0 Å². The van der Waals surface area contributed by atoms with E-state index in [4.69, 9.17) is 23.4 Å². The molecule has 0 N–H and O–H groups in total. The van der Waals surface area contributed by atoms with E-state index in [2.05, 4.69) is 92.8 Å². The van der Waals surface area contributed by atoms with Crippen LogP contribution in [0, 0.1) is 5.41 Å². The Kier molecular flexibility index (Phi) is 7.94. The first-order valence-electron chi connectivity index (χ1n) is 16.6. The molecule has 2 aromatic rings. The molecule has 2 fully saturated rings. The molecule has 0 saturated carbocycles. The third-order valence-electron chi connectivity index (χ3n) is 10.9. The molecule has 0 radical (unpaired) electrons. The standard InChI is InChI=1S/C37H55NO4S/c1-11-43(10,34(4,5)6)42-28-21-35(7,8)20-27-29(28)31-30(32(38-27)24(2)3)33(41-37(31)16-18-39-19-17-37)25-12-14-26(15-13-25)36(9)22-40-23-36/h12-15,24,28,33H,11,16-23H2,1-10H3/t28-,33+/m0/s1. The molecule has 1 aliphatic carbocycles. The zero-order chi connectivity index (χ0) is 31.0. The van der Waals surface area contributed by atoms with Gasteiger partial charge in [0.05, 0.1) is 24.9 Å². The monoisotopic (exact) mass is 609 g/mol. The molecule has 6 heteroatoms. The number of rotatable bonds is 6. The lowest BCUT2D eigenvalue weighted by Gasteiger charge is -2.51. The molecule has 2 saturated heterocycles. The molecule has 4 aliphatic rings. The Hall–Kier alpha value is -1.44. The average Bonchev–Trinajstić information content (AvgIpc) is 3.24. The van der Waals surface area contributed by atoms with Gasteiger partial charge in [0.15, 0.2) is 0 Å². The van der Waals surface area contributed by atoms with Crippen molar-refractivity contribution in [3.8, 4) is 0 Å². The Morgan fingerprint density at radius 3 is 2.19 bits per heavy atom. The zero-order valence-corrected chi connectivity index (χ0v) is 29.2. The van der Waals surface area contributed by atoms with Crippen molar-refractivity contribution < 1.29 is 18.4 Å². The zero-order valence-electron chi connectivity index (χ0n) is 28.4. The van der Waals surface area contributed by atoms with Crippen molar-refractivity contribution in [3.05, 3.63) is 63.5 Å². The molecule has 238 valence electrons. The van der Waals surface area contributed by atoms with Crippen LogP contribution in [0.1, 0.15) is 139 Å². The van der Waals surface area contributed by atoms with Gasteiger partial charge in [0, 0.05) is 58.7 Å². The van der Waals surface area contributed by atoms with E-state index >= 15 is 0 Å². The highest BCUT2D eigenvalue weighted by molar-refractivity contribution is 8.30. The quantitative estimate of drug-likeness (QED) is 0.328. The van der Waals surface area contributed by atoms with Crippen molar-refractivity contribution in [1.82, 2.24) is 4.98 Å². The maximum absolute atomic E-state index is 7.47. The molecule has 1 spiro atoms. The summed E-state index contributed by atoms with van der Waals surface area (Å²) in [7, 11) is -1.36. The second-order valence-electron chi connectivity index (χ2n) is 16.1. The van der Waals surface area contributed by atoms with E-state index in [9.17, 15) is 0 Å². The fourth-order valence-corrected chi connectivity index (χ4v) is 9.72. The first-order chi connectivity index (χ1) is 20.1. The largest absolute Gasteiger partial charge is 0.381 e. The van der Waals surface area contributed by atoms with Gasteiger partial charge in [-0.1, -0.05) is 86.6 Å². The summed E-state index contributed by atoms with van der Waals surface area (Å²) >= 11 is 0. The number of ether oxygens (including phenoxy) is 3. The molecule has 1 unspecified atom stereocenters. The SMILES string of the molecule is CCS(C)(O[C@H]1CC(C)(C)Cc2nc(C(C)C)c3c(c21)C1(CCOCC1)O[C@@H]3c1ccc(C2(C)COC2)cc1)C(C)(C)C. The summed E-state index contributed by atoms with van der Waals surface area (Å²) in [6.07, 6.45) is 5.95. The van der Waals surface area contributed by atoms with Crippen LogP contribution in [0.4, 0.5) is 0 Å². The minimum absolute atomic E-state index is 0.00315. The van der Waals surface area contributed by atoms with Gasteiger partial charge in [0.25, 0.3) is 0 Å². The van der Waals surface area contributed by atoms with E-state index < -0.39 is 10.3 Å². The van der Waals surface area contributed by atoms with Crippen molar-refractivity contribution in [2.45, 2.75) is 122 Å². The molecule has 3 aliphatic heterocycles. The molecule has 6 rings (SSSR count). The number of aromatic nitrogens is 1. The maximum atomic E-state index is 7.47. The van der Waals surface area contributed by atoms with Crippen LogP contribution in [0.5, 0.6) is 0 Å². The molecular formula is C37H55NO4S. The smallest absolute Gasteiger partial charge is 0.111 e. The number of nitrogens with zero attached hydrogens (tertiary/aromatic N) is 1. The van der Waals surface area contributed by atoms with E-state index in [0.29, 0.717) is 13.2 Å². The van der Waals surface area contributed by atoms with Gasteiger partial charge in [-0.15, -0.1) is 10.3 Å². The van der Waals surface area contributed by atoms with Gasteiger partial charge in [0.2, 0.25) is 0 Å². The lowest BCUT2D eigenvalue weighted by atomic mass is 9.70. The van der Waals surface area contributed by atoms with Crippen LogP contribution in [0.25, 0.3) is 0 Å². The third-order valence-corrected chi connectivity index (χ3v) is 15.3. The van der Waals surface area contributed by atoms with Gasteiger partial charge < -0.3 is 18.4 Å². The number of hydrogen-bond acceptors (Lipinski definition) is 5. The molecule has 5 nitrogen and oxygen atoms in total. The highest BCUT2D eigenvalue weighted by atomic mass is 32.3. The average molecular weight is 610 g/mol. The highest BCUT2D eigenvalue weighted by Crippen LogP contribution is 2.64. The van der Waals surface area contributed by atoms with Crippen LogP contribution < -0.4 is 0 Å². The summed E-state index contributed by atoms with van der Waals surface area (Å²) in [5, 5.41) is 0. The predicted molar refractivity (Wildman–Crippen MR) is 177 cm³/mol. The number of pyridine rings is 1. The lowest BCUT2D eigenvalue weighted by molar-refractivity contribution is -0.122. The maximum Gasteiger partial charge on any atom is 0.111 e. The Bertz CT molecular complexity index is 1350. The first kappa shape index (κ1) is 31.5. The van der Waals surface area contributed by atoms with Gasteiger partial charge in [-0.25, -0.2) is 0 Å². The second kappa shape index (κ2) is 10.8. The summed E-state index contributed by atoms with van der Waals surface area (Å²) in [4.78, 5) is 5.58. The fraction of sp³-hybridized carbons (Fsp3) is 0.703. The van der Waals surface area contributed by atoms with Crippen molar-refractivity contribution >= 4 is 10.3 Å². The van der Waals surface area contributed by atoms with E-state index in [0.717, 1.165) is 44.6 Å². The van der Waals surface area contributed by atoms with E-state index in [-0.39, 0.29) is 39.3 Å². The summed E-state index contributed by atoms with van der Waals surface area (Å²) in [5.74, 6) is 1.33. The van der Waals surface area contributed by atoms with Crippen molar-refractivity contribution in [2.24, 2.45) is 5.41 Å². The summed E-state index contributed by atoms with van der Waals surface area (Å²) < 4.78 is 26.5. The summed E-state index contributed by atoms with van der Waals surface area (Å²) in [5.41, 5.74) is 8.86. The van der Waals surface area contributed by atoms with Gasteiger partial charge in [-0.05, 0) is 52.9 Å². The van der Waals surface area contributed by atoms with Gasteiger partial charge in [-0.2, -0.15) is 0 Å². The Labute approximate surface area is 262 Å². The Morgan fingerprint density at radius 1 is 1.00 bits per heavy atom. The summed E-state index contributed by atoms with van der Waals surface area (Å²) in [6, 6.07) is 9.18. The molecule has 43 heavy (non-hydrogen) atoms. The molecular weight excluding hydrogens is 554 g/mol. The lowest BCUT2D eigenvalue weighted by Crippen LogP contribution is -2.43. The predicted octanol–water partition coefficient (Wildman–Crippen LogP) is 8.82. The number of benzene rings is 1. The molecule has 1 aromatic heterocycles. The minimum atomic E-state index is -1.36. The fourth-order valence-electron chi connectivity index (χ4n) is 7.76. The van der Waals surface area contributed by atoms with Gasteiger partial charge in [0.1, 0.15) is 6.10 Å². The molecule has 3 atom stereocenters. The number of fused-ring (bicyclic) bond motifs is 4. The normalized spacial score (nSPS) is 27.7. The Balaban J connectivity index is 1.56. The molecule has 0 bridgehead atoms. The topological polar surface area (TPSA) is 49.8 Å². The second-order valence-corrected chi connectivity index (χ2v) is 20.1. The minimum Gasteiger partial charge on any atom is -0.381 e.